The second-order valence-electron chi connectivity index (χ2n) is 5.22. The average Bonchev–Trinajstić information content (AvgIpc) is 2.96. The van der Waals surface area contributed by atoms with E-state index in [9.17, 15) is 0 Å². The largest absolute Gasteiger partial charge is 0.369 e. The second-order valence-corrected chi connectivity index (χ2v) is 6.30. The number of nitrogens with one attached hydrogen (secondary N) is 1. The van der Waals surface area contributed by atoms with E-state index >= 15 is 0 Å². The van der Waals surface area contributed by atoms with E-state index in [1.807, 2.05) is 12.5 Å². The Kier molecular flexibility index (Phi) is 5.55. The fourth-order valence-electron chi connectivity index (χ4n) is 2.09. The van der Waals surface area contributed by atoms with Crippen molar-refractivity contribution in [3.63, 3.8) is 0 Å². The molecule has 114 valence electrons. The molecule has 0 radical (unpaired) electrons. The van der Waals surface area contributed by atoms with Gasteiger partial charge in [0.1, 0.15) is 11.5 Å². The smallest absolute Gasteiger partial charge is 0.180 e. The number of rotatable bonds is 6. The van der Waals surface area contributed by atoms with Gasteiger partial charge in [-0.15, -0.1) is 0 Å². The van der Waals surface area contributed by atoms with Gasteiger partial charge in [0, 0.05) is 12.6 Å². The summed E-state index contributed by atoms with van der Waals surface area (Å²) in [7, 11) is 0. The molecule has 0 spiro atoms. The highest BCUT2D eigenvalue weighted by molar-refractivity contribution is 14.1. The molecule has 0 aliphatic rings. The molecular formula is C15H22IN5. The fourth-order valence-corrected chi connectivity index (χ4v) is 2.91. The Balaban J connectivity index is 2.50. The van der Waals surface area contributed by atoms with E-state index in [2.05, 4.69) is 65.2 Å². The minimum atomic E-state index is 0.336. The van der Waals surface area contributed by atoms with E-state index in [-0.39, 0.29) is 0 Å². The molecule has 0 amide bonds. The first kappa shape index (κ1) is 16.2. The predicted octanol–water partition coefficient (Wildman–Crippen LogP) is 3.91. The van der Waals surface area contributed by atoms with Crippen LogP contribution in [0.1, 0.15) is 45.9 Å². The Morgan fingerprint density at radius 3 is 2.67 bits per heavy atom. The van der Waals surface area contributed by atoms with E-state index in [0.717, 1.165) is 46.0 Å². The van der Waals surface area contributed by atoms with Crippen molar-refractivity contribution in [1.29, 1.82) is 0 Å². The monoisotopic (exact) mass is 399 g/mol. The number of halogens is 1. The molecule has 0 aliphatic carbocycles. The van der Waals surface area contributed by atoms with Crippen LogP contribution in [-0.4, -0.2) is 26.1 Å². The first-order valence-corrected chi connectivity index (χ1v) is 8.48. The molecule has 0 saturated heterocycles. The van der Waals surface area contributed by atoms with Crippen LogP contribution in [0.15, 0.2) is 12.5 Å². The quantitative estimate of drug-likeness (QED) is 0.749. The van der Waals surface area contributed by atoms with Crippen molar-refractivity contribution in [2.24, 2.45) is 0 Å². The molecule has 6 heteroatoms. The van der Waals surface area contributed by atoms with E-state index < -0.39 is 0 Å². The van der Waals surface area contributed by atoms with Crippen molar-refractivity contribution < 1.29 is 0 Å². The molecule has 0 saturated carbocycles. The van der Waals surface area contributed by atoms with Crippen LogP contribution in [0.4, 0.5) is 5.82 Å². The fraction of sp³-hybridized carbons (Fsp3) is 0.533. The number of aromatic nitrogens is 4. The van der Waals surface area contributed by atoms with Gasteiger partial charge in [-0.25, -0.2) is 15.0 Å². The molecule has 21 heavy (non-hydrogen) atoms. The van der Waals surface area contributed by atoms with E-state index in [1.165, 1.54) is 0 Å². The summed E-state index contributed by atoms with van der Waals surface area (Å²) in [5.74, 6) is 1.67. The lowest BCUT2D eigenvalue weighted by Crippen LogP contribution is -2.10. The van der Waals surface area contributed by atoms with Crippen molar-refractivity contribution in [3.05, 3.63) is 21.8 Å². The molecule has 0 atom stereocenters. The van der Waals surface area contributed by atoms with Gasteiger partial charge >= 0.3 is 0 Å². The van der Waals surface area contributed by atoms with Crippen molar-refractivity contribution in [2.45, 2.75) is 46.6 Å². The van der Waals surface area contributed by atoms with Crippen LogP contribution >= 0.6 is 22.6 Å². The van der Waals surface area contributed by atoms with Crippen LogP contribution in [-0.2, 0) is 6.42 Å². The summed E-state index contributed by atoms with van der Waals surface area (Å²) in [4.78, 5) is 13.7. The third-order valence-corrected chi connectivity index (χ3v) is 4.38. The molecule has 1 N–H and O–H groups in total. The van der Waals surface area contributed by atoms with Gasteiger partial charge in [0.15, 0.2) is 5.82 Å². The number of hydrogen-bond acceptors (Lipinski definition) is 4. The summed E-state index contributed by atoms with van der Waals surface area (Å²) in [5, 5.41) is 3.40. The zero-order valence-electron chi connectivity index (χ0n) is 13.0. The molecule has 2 rings (SSSR count). The zero-order valence-corrected chi connectivity index (χ0v) is 15.2. The Bertz CT molecular complexity index is 606. The minimum Gasteiger partial charge on any atom is -0.369 e. The zero-order chi connectivity index (χ0) is 15.4. The van der Waals surface area contributed by atoms with Crippen molar-refractivity contribution in [2.75, 3.05) is 11.9 Å². The second kappa shape index (κ2) is 7.20. The normalized spacial score (nSPS) is 11.1. The molecule has 0 aliphatic heterocycles. The third-order valence-electron chi connectivity index (χ3n) is 3.25. The molecule has 2 aromatic rings. The molecule has 5 nitrogen and oxygen atoms in total. The minimum absolute atomic E-state index is 0.336. The number of anilines is 1. The molecule has 0 aromatic carbocycles. The first-order chi connectivity index (χ1) is 10.1. The standard InChI is InChI=1S/C15H22IN5/c1-5-7-18-15-13(16)11(6-2)19-14(20-15)12-8-17-9-21(12)10(3)4/h8-10H,5-7H2,1-4H3,(H,18,19,20). The molecule has 2 aromatic heterocycles. The maximum absolute atomic E-state index is 4.73. The van der Waals surface area contributed by atoms with Crippen LogP contribution in [0.25, 0.3) is 11.5 Å². The van der Waals surface area contributed by atoms with Crippen molar-refractivity contribution >= 4 is 28.4 Å². The topological polar surface area (TPSA) is 55.6 Å². The maximum Gasteiger partial charge on any atom is 0.180 e. The van der Waals surface area contributed by atoms with Gasteiger partial charge in [0.05, 0.1) is 21.8 Å². The van der Waals surface area contributed by atoms with Crippen LogP contribution < -0.4 is 5.32 Å². The van der Waals surface area contributed by atoms with E-state index in [1.54, 1.807) is 0 Å². The summed E-state index contributed by atoms with van der Waals surface area (Å²) in [6.07, 6.45) is 5.64. The van der Waals surface area contributed by atoms with Crippen LogP contribution in [0.5, 0.6) is 0 Å². The van der Waals surface area contributed by atoms with Gasteiger partial charge in [-0.2, -0.15) is 0 Å². The predicted molar refractivity (Wildman–Crippen MR) is 94.5 cm³/mol. The lowest BCUT2D eigenvalue weighted by molar-refractivity contribution is 0.603. The lowest BCUT2D eigenvalue weighted by Gasteiger charge is -2.14. The van der Waals surface area contributed by atoms with Crippen LogP contribution in [0, 0.1) is 3.57 Å². The number of hydrogen-bond donors (Lipinski definition) is 1. The summed E-state index contributed by atoms with van der Waals surface area (Å²) >= 11 is 2.33. The van der Waals surface area contributed by atoms with Crippen LogP contribution in [0.3, 0.4) is 0 Å². The summed E-state index contributed by atoms with van der Waals surface area (Å²) in [6, 6.07) is 0.336. The van der Waals surface area contributed by atoms with Gasteiger partial charge in [-0.05, 0) is 49.3 Å². The Morgan fingerprint density at radius 2 is 2.05 bits per heavy atom. The summed E-state index contributed by atoms with van der Waals surface area (Å²) in [5.41, 5.74) is 2.05. The highest BCUT2D eigenvalue weighted by atomic mass is 127. The third kappa shape index (κ3) is 3.53. The van der Waals surface area contributed by atoms with E-state index in [4.69, 9.17) is 9.97 Å². The molecule has 0 unspecified atom stereocenters. The highest BCUT2D eigenvalue weighted by Gasteiger charge is 2.16. The van der Waals surface area contributed by atoms with Gasteiger partial charge in [-0.1, -0.05) is 13.8 Å². The van der Waals surface area contributed by atoms with Gasteiger partial charge < -0.3 is 9.88 Å². The molecule has 2 heterocycles. The highest BCUT2D eigenvalue weighted by Crippen LogP contribution is 2.25. The van der Waals surface area contributed by atoms with Gasteiger partial charge in [0.25, 0.3) is 0 Å². The van der Waals surface area contributed by atoms with Gasteiger partial charge in [0.2, 0.25) is 0 Å². The summed E-state index contributed by atoms with van der Waals surface area (Å²) < 4.78 is 3.22. The maximum atomic E-state index is 4.73. The van der Waals surface area contributed by atoms with Crippen molar-refractivity contribution in [1.82, 2.24) is 19.5 Å². The lowest BCUT2D eigenvalue weighted by atomic mass is 10.3. The average molecular weight is 399 g/mol. The van der Waals surface area contributed by atoms with E-state index in [0.29, 0.717) is 6.04 Å². The van der Waals surface area contributed by atoms with Gasteiger partial charge in [-0.3, -0.25) is 0 Å². The Labute approximate surface area is 139 Å². The molecule has 0 fully saturated rings. The van der Waals surface area contributed by atoms with Crippen LogP contribution in [0.2, 0.25) is 0 Å². The molecule has 0 bridgehead atoms. The van der Waals surface area contributed by atoms with Crippen molar-refractivity contribution in [3.8, 4) is 11.5 Å². The summed E-state index contributed by atoms with van der Waals surface area (Å²) in [6.45, 7) is 9.46. The Morgan fingerprint density at radius 1 is 1.29 bits per heavy atom. The Hall–Kier alpha value is -1.18. The first-order valence-electron chi connectivity index (χ1n) is 7.40. The number of aryl methyl sites for hydroxylation is 1. The number of nitrogens with zero attached hydrogens (tertiary/aromatic N) is 4. The number of imidazole rings is 1. The molecular weight excluding hydrogens is 377 g/mol. The SMILES string of the molecule is CCCNc1nc(-c2cncn2C(C)C)nc(CC)c1I.